The zero-order valence-electron chi connectivity index (χ0n) is 20.4. The molecule has 0 aromatic carbocycles. The first-order chi connectivity index (χ1) is 16.4. The van der Waals surface area contributed by atoms with Gasteiger partial charge in [0, 0.05) is 31.2 Å². The number of hydrogen-bond donors (Lipinski definition) is 0. The molecule has 0 bridgehead atoms. The summed E-state index contributed by atoms with van der Waals surface area (Å²) in [6.07, 6.45) is 10.2. The minimum Gasteiger partial charge on any atom is -0.357 e. The molecular weight excluding hydrogens is 464 g/mol. The Bertz CT molecular complexity index is 1110. The summed E-state index contributed by atoms with van der Waals surface area (Å²) in [6, 6.07) is 2.34. The first-order valence-electron chi connectivity index (χ1n) is 12.6. The van der Waals surface area contributed by atoms with Crippen LogP contribution in [0.15, 0.2) is 9.70 Å². The number of rotatable bonds is 6. The van der Waals surface area contributed by atoms with Crippen LogP contribution < -0.4 is 10.5 Å². The molecule has 2 aliphatic heterocycles. The van der Waals surface area contributed by atoms with Crippen molar-refractivity contribution >= 4 is 46.1 Å². The minimum absolute atomic E-state index is 0.0379. The number of carbonyl (C=O) groups excluding carboxylic acids is 1. The Hall–Kier alpha value is -2.11. The Labute approximate surface area is 212 Å². The van der Waals surface area contributed by atoms with E-state index >= 15 is 0 Å². The third kappa shape index (κ3) is 4.70. The molecule has 182 valence electrons. The third-order valence-corrected chi connectivity index (χ3v) is 8.66. The first kappa shape index (κ1) is 25.0. The normalized spacial score (nSPS) is 22.8. The lowest BCUT2D eigenvalue weighted by Gasteiger charge is -2.36. The summed E-state index contributed by atoms with van der Waals surface area (Å²) in [5.74, 6) is 1.34. The van der Waals surface area contributed by atoms with E-state index in [1.165, 1.54) is 18.2 Å². The van der Waals surface area contributed by atoms with Gasteiger partial charge < -0.3 is 4.90 Å². The van der Waals surface area contributed by atoms with Crippen molar-refractivity contribution < 1.29 is 4.79 Å². The van der Waals surface area contributed by atoms with Gasteiger partial charge in [-0.15, -0.1) is 0 Å². The maximum absolute atomic E-state index is 13.4. The van der Waals surface area contributed by atoms with Gasteiger partial charge in [-0.2, -0.15) is 5.26 Å². The summed E-state index contributed by atoms with van der Waals surface area (Å²) < 4.78 is 2.41. The van der Waals surface area contributed by atoms with Crippen molar-refractivity contribution in [2.75, 3.05) is 18.0 Å². The largest absolute Gasteiger partial charge is 0.357 e. The van der Waals surface area contributed by atoms with Crippen molar-refractivity contribution in [2.24, 2.45) is 5.92 Å². The molecule has 2 saturated heterocycles. The van der Waals surface area contributed by atoms with E-state index in [0.29, 0.717) is 27.3 Å². The summed E-state index contributed by atoms with van der Waals surface area (Å²) in [5.41, 5.74) is 1.41. The highest BCUT2D eigenvalue weighted by Crippen LogP contribution is 2.40. The summed E-state index contributed by atoms with van der Waals surface area (Å²) in [6.45, 7) is 8.47. The standard InChI is InChI=1S/C26H34N4O2S2/c1-4-5-13-29-23(28-12-8-9-17(2)16-28)20(18(3)21(15-27)24(29)31)14-22-25(32)30(26(33)34-22)19-10-6-7-11-19/h14,17,19H,4-13,16H2,1-3H3. The molecule has 1 amide bonds. The molecule has 34 heavy (non-hydrogen) atoms. The number of nitriles is 1. The van der Waals surface area contributed by atoms with Crippen molar-refractivity contribution in [1.29, 1.82) is 5.26 Å². The van der Waals surface area contributed by atoms with Crippen molar-refractivity contribution in [2.45, 2.75) is 84.7 Å². The number of anilines is 1. The number of amides is 1. The zero-order valence-corrected chi connectivity index (χ0v) is 22.1. The van der Waals surface area contributed by atoms with Gasteiger partial charge in [-0.05, 0) is 56.6 Å². The van der Waals surface area contributed by atoms with E-state index < -0.39 is 0 Å². The van der Waals surface area contributed by atoms with E-state index in [2.05, 4.69) is 24.8 Å². The van der Waals surface area contributed by atoms with Gasteiger partial charge in [0.2, 0.25) is 0 Å². The molecule has 0 radical (unpaired) electrons. The van der Waals surface area contributed by atoms with E-state index in [0.717, 1.165) is 69.4 Å². The zero-order chi connectivity index (χ0) is 24.4. The lowest BCUT2D eigenvalue weighted by Crippen LogP contribution is -2.40. The number of hydrogen-bond acceptors (Lipinski definition) is 6. The number of thioether (sulfide) groups is 1. The topological polar surface area (TPSA) is 69.3 Å². The second-order valence-electron chi connectivity index (χ2n) is 9.84. The van der Waals surface area contributed by atoms with Gasteiger partial charge in [0.1, 0.15) is 21.8 Å². The van der Waals surface area contributed by atoms with Crippen LogP contribution in [0, 0.1) is 24.2 Å². The molecule has 1 atom stereocenters. The molecule has 1 aromatic rings. The maximum Gasteiger partial charge on any atom is 0.270 e. The molecule has 3 heterocycles. The maximum atomic E-state index is 13.4. The van der Waals surface area contributed by atoms with Gasteiger partial charge in [0.25, 0.3) is 11.5 Å². The smallest absolute Gasteiger partial charge is 0.270 e. The monoisotopic (exact) mass is 498 g/mol. The van der Waals surface area contributed by atoms with E-state index in [-0.39, 0.29) is 23.1 Å². The Morgan fingerprint density at radius 2 is 1.94 bits per heavy atom. The Kier molecular flexibility index (Phi) is 7.83. The molecule has 3 fully saturated rings. The fourth-order valence-corrected chi connectivity index (χ4v) is 6.86. The molecule has 0 N–H and O–H groups in total. The fourth-order valence-electron chi connectivity index (χ4n) is 5.48. The Morgan fingerprint density at radius 1 is 1.21 bits per heavy atom. The Balaban J connectivity index is 1.87. The van der Waals surface area contributed by atoms with Gasteiger partial charge in [-0.3, -0.25) is 19.1 Å². The van der Waals surface area contributed by atoms with Crippen LogP contribution in [0.25, 0.3) is 6.08 Å². The highest BCUT2D eigenvalue weighted by molar-refractivity contribution is 8.26. The average molecular weight is 499 g/mol. The van der Waals surface area contributed by atoms with Crippen LogP contribution in [0.5, 0.6) is 0 Å². The lowest BCUT2D eigenvalue weighted by molar-refractivity contribution is -0.123. The van der Waals surface area contributed by atoms with E-state index in [1.807, 2.05) is 13.0 Å². The number of aromatic nitrogens is 1. The van der Waals surface area contributed by atoms with Crippen LogP contribution >= 0.6 is 24.0 Å². The van der Waals surface area contributed by atoms with Gasteiger partial charge in [-0.1, -0.05) is 57.1 Å². The first-order valence-corrected chi connectivity index (χ1v) is 13.8. The second-order valence-corrected chi connectivity index (χ2v) is 11.5. The van der Waals surface area contributed by atoms with Crippen LogP contribution in [0.1, 0.15) is 81.9 Å². The van der Waals surface area contributed by atoms with Gasteiger partial charge >= 0.3 is 0 Å². The summed E-state index contributed by atoms with van der Waals surface area (Å²) >= 11 is 6.97. The molecule has 1 saturated carbocycles. The van der Waals surface area contributed by atoms with Gasteiger partial charge in [0.15, 0.2) is 0 Å². The number of piperidine rings is 1. The molecule has 1 aromatic heterocycles. The average Bonchev–Trinajstić information content (AvgIpc) is 3.42. The molecule has 0 spiro atoms. The lowest BCUT2D eigenvalue weighted by atomic mass is 9.97. The number of nitrogens with zero attached hydrogens (tertiary/aromatic N) is 4. The number of pyridine rings is 1. The van der Waals surface area contributed by atoms with Crippen molar-refractivity contribution in [1.82, 2.24) is 9.47 Å². The number of carbonyl (C=O) groups is 1. The highest BCUT2D eigenvalue weighted by atomic mass is 32.2. The second kappa shape index (κ2) is 10.7. The number of thiocarbonyl (C=S) groups is 1. The molecule has 6 nitrogen and oxygen atoms in total. The predicted octanol–water partition coefficient (Wildman–Crippen LogP) is 5.21. The van der Waals surface area contributed by atoms with Crippen LogP contribution in [-0.4, -0.2) is 38.8 Å². The van der Waals surface area contributed by atoms with Crippen LogP contribution in [0.4, 0.5) is 5.82 Å². The number of unbranched alkanes of at least 4 members (excludes halogenated alkanes) is 1. The van der Waals surface area contributed by atoms with Crippen molar-refractivity contribution in [3.8, 4) is 6.07 Å². The Morgan fingerprint density at radius 3 is 2.59 bits per heavy atom. The van der Waals surface area contributed by atoms with E-state index in [4.69, 9.17) is 12.2 Å². The fraction of sp³-hybridized carbons (Fsp3) is 0.615. The SMILES string of the molecule is CCCCn1c(N2CCCC(C)C2)c(C=C2SC(=S)N(C3CCCC3)C2=O)c(C)c(C#N)c1=O. The minimum atomic E-state index is -0.225. The molecule has 1 unspecified atom stereocenters. The van der Waals surface area contributed by atoms with Gasteiger partial charge in [-0.25, -0.2) is 0 Å². The summed E-state index contributed by atoms with van der Waals surface area (Å²) in [5, 5.41) is 9.86. The van der Waals surface area contributed by atoms with E-state index in [1.54, 1.807) is 9.47 Å². The summed E-state index contributed by atoms with van der Waals surface area (Å²) in [4.78, 5) is 31.5. The molecule has 3 aliphatic rings. The molecule has 8 heteroatoms. The molecule has 4 rings (SSSR count). The third-order valence-electron chi connectivity index (χ3n) is 7.33. The highest BCUT2D eigenvalue weighted by Gasteiger charge is 2.38. The quantitative estimate of drug-likeness (QED) is 0.396. The van der Waals surface area contributed by atoms with Gasteiger partial charge in [0.05, 0.1) is 4.91 Å². The van der Waals surface area contributed by atoms with Crippen molar-refractivity contribution in [3.63, 3.8) is 0 Å². The summed E-state index contributed by atoms with van der Waals surface area (Å²) in [7, 11) is 0. The van der Waals surface area contributed by atoms with Crippen LogP contribution in [0.2, 0.25) is 0 Å². The molecular formula is C26H34N4O2S2. The van der Waals surface area contributed by atoms with E-state index in [9.17, 15) is 14.9 Å². The predicted molar refractivity (Wildman–Crippen MR) is 143 cm³/mol. The van der Waals surface area contributed by atoms with Crippen LogP contribution in [0.3, 0.4) is 0 Å². The molecule has 1 aliphatic carbocycles. The van der Waals surface area contributed by atoms with Crippen LogP contribution in [-0.2, 0) is 11.3 Å². The van der Waals surface area contributed by atoms with Crippen molar-refractivity contribution in [3.05, 3.63) is 31.9 Å².